The van der Waals surface area contributed by atoms with E-state index >= 15 is 0 Å². The van der Waals surface area contributed by atoms with Crippen LogP contribution in [0.2, 0.25) is 0 Å². The lowest BCUT2D eigenvalue weighted by molar-refractivity contribution is -0.193. The summed E-state index contributed by atoms with van der Waals surface area (Å²) in [5.41, 5.74) is 1.12. The van der Waals surface area contributed by atoms with E-state index in [1.165, 1.54) is 12.3 Å². The molecule has 2 N–H and O–H groups in total. The Morgan fingerprint density at radius 3 is 2.24 bits per heavy atom. The Morgan fingerprint density at radius 2 is 1.73 bits per heavy atom. The van der Waals surface area contributed by atoms with Gasteiger partial charge in [0.05, 0.1) is 12.5 Å². The summed E-state index contributed by atoms with van der Waals surface area (Å²) in [5.74, 6) is -5.90. The van der Waals surface area contributed by atoms with Crippen molar-refractivity contribution in [3.8, 4) is 5.88 Å². The molecule has 37 heavy (non-hydrogen) atoms. The van der Waals surface area contributed by atoms with Crippen molar-refractivity contribution >= 4 is 11.9 Å². The second kappa shape index (κ2) is 12.7. The molecule has 3 atom stereocenters. The van der Waals surface area contributed by atoms with Gasteiger partial charge < -0.3 is 24.1 Å². The molecule has 4 heterocycles. The van der Waals surface area contributed by atoms with Crippen LogP contribution in [0.3, 0.4) is 0 Å². The summed E-state index contributed by atoms with van der Waals surface area (Å²) in [6, 6.07) is 5.17. The molecule has 0 aromatic carbocycles. The molecule has 0 amide bonds. The Morgan fingerprint density at radius 1 is 1.11 bits per heavy atom. The standard InChI is InChI=1S/C17H19FN2O3.2C2HF3O2/c18-13-3-1-6-19-17(13)23-15-10-20(9-12-5-8-21-11-12)14-4-2-7-22-16(14)15;2*3-2(4,5)1(6)7/h1,3,5-6,8,11,14-16H,2,4,7,9-10H2;2*(H,6,7)/t14-,15+,16+;;/m1../s1. The lowest BCUT2D eigenvalue weighted by atomic mass is 10.0. The van der Waals surface area contributed by atoms with Crippen molar-refractivity contribution in [3.05, 3.63) is 48.3 Å². The minimum atomic E-state index is -5.08. The molecular formula is C21H21F7N2O7. The molecule has 2 fully saturated rings. The molecule has 16 heteroatoms. The van der Waals surface area contributed by atoms with Crippen LogP contribution >= 0.6 is 0 Å². The van der Waals surface area contributed by atoms with Gasteiger partial charge in [0.15, 0.2) is 5.82 Å². The number of hydrogen-bond donors (Lipinski definition) is 2. The molecule has 206 valence electrons. The third kappa shape index (κ3) is 9.20. The van der Waals surface area contributed by atoms with Crippen molar-refractivity contribution in [3.63, 3.8) is 0 Å². The fourth-order valence-corrected chi connectivity index (χ4v) is 3.51. The largest absolute Gasteiger partial charge is 0.490 e. The monoisotopic (exact) mass is 546 g/mol. The third-order valence-corrected chi connectivity index (χ3v) is 5.02. The fourth-order valence-electron chi connectivity index (χ4n) is 3.51. The van der Waals surface area contributed by atoms with Crippen molar-refractivity contribution in [2.75, 3.05) is 13.2 Å². The van der Waals surface area contributed by atoms with Gasteiger partial charge in [-0.2, -0.15) is 26.3 Å². The Balaban J connectivity index is 0.000000286. The Hall–Kier alpha value is -3.40. The predicted molar refractivity (Wildman–Crippen MR) is 108 cm³/mol. The van der Waals surface area contributed by atoms with Gasteiger partial charge in [0.25, 0.3) is 5.88 Å². The van der Waals surface area contributed by atoms with E-state index in [-0.39, 0.29) is 24.1 Å². The number of pyridine rings is 1. The number of aromatic nitrogens is 1. The van der Waals surface area contributed by atoms with Crippen molar-refractivity contribution in [2.45, 2.75) is 50.0 Å². The molecule has 0 unspecified atom stereocenters. The summed E-state index contributed by atoms with van der Waals surface area (Å²) >= 11 is 0. The van der Waals surface area contributed by atoms with Crippen molar-refractivity contribution in [1.29, 1.82) is 0 Å². The van der Waals surface area contributed by atoms with Gasteiger partial charge in [-0.15, -0.1) is 0 Å². The first-order valence-corrected chi connectivity index (χ1v) is 10.4. The highest BCUT2D eigenvalue weighted by Gasteiger charge is 2.45. The number of likely N-dealkylation sites (tertiary alicyclic amines) is 1. The molecule has 2 aromatic heterocycles. The zero-order valence-electron chi connectivity index (χ0n) is 18.7. The average Bonchev–Trinajstić information content (AvgIpc) is 3.44. The second-order valence-electron chi connectivity index (χ2n) is 7.66. The molecule has 0 saturated carbocycles. The number of ether oxygens (including phenoxy) is 2. The maximum Gasteiger partial charge on any atom is 0.490 e. The van der Waals surface area contributed by atoms with Gasteiger partial charge in [-0.05, 0) is 31.0 Å². The number of aliphatic carboxylic acids is 2. The van der Waals surface area contributed by atoms with Crippen LogP contribution in [0, 0.1) is 5.82 Å². The van der Waals surface area contributed by atoms with E-state index in [2.05, 4.69) is 9.88 Å². The molecule has 2 aromatic rings. The molecule has 2 saturated heterocycles. The molecular weight excluding hydrogens is 525 g/mol. The summed E-state index contributed by atoms with van der Waals surface area (Å²) in [6.45, 7) is 2.20. The summed E-state index contributed by atoms with van der Waals surface area (Å²) in [4.78, 5) is 24.1. The first-order chi connectivity index (χ1) is 17.2. The molecule has 0 aliphatic carbocycles. The summed E-state index contributed by atoms with van der Waals surface area (Å²) in [5, 5.41) is 14.2. The zero-order chi connectivity index (χ0) is 27.8. The number of alkyl halides is 6. The van der Waals surface area contributed by atoms with E-state index in [9.17, 15) is 30.7 Å². The quantitative estimate of drug-likeness (QED) is 0.550. The molecule has 2 aliphatic rings. The minimum Gasteiger partial charge on any atom is -0.475 e. The van der Waals surface area contributed by atoms with Crippen LogP contribution in [-0.2, 0) is 20.9 Å². The number of fused-ring (bicyclic) bond motifs is 1. The van der Waals surface area contributed by atoms with Crippen LogP contribution in [-0.4, -0.2) is 75.8 Å². The van der Waals surface area contributed by atoms with E-state index in [1.807, 2.05) is 6.07 Å². The number of rotatable bonds is 4. The van der Waals surface area contributed by atoms with Gasteiger partial charge in [0, 0.05) is 37.5 Å². The van der Waals surface area contributed by atoms with Crippen LogP contribution in [0.25, 0.3) is 0 Å². The van der Waals surface area contributed by atoms with Gasteiger partial charge in [0.1, 0.15) is 12.2 Å². The number of hydrogen-bond acceptors (Lipinski definition) is 7. The van der Waals surface area contributed by atoms with Crippen LogP contribution in [0.15, 0.2) is 41.3 Å². The van der Waals surface area contributed by atoms with Crippen molar-refractivity contribution in [2.24, 2.45) is 0 Å². The highest BCUT2D eigenvalue weighted by Crippen LogP contribution is 2.32. The van der Waals surface area contributed by atoms with Crippen molar-refractivity contribution < 1.29 is 64.4 Å². The number of carboxylic acid groups (broad SMARTS) is 2. The SMILES string of the molecule is Fc1cccnc1O[C@H]1CN(Cc2ccoc2)[C@@H]2CCCO[C@H]12.O=C(O)C(F)(F)F.O=C(O)C(F)(F)F. The predicted octanol–water partition coefficient (Wildman–Crippen LogP) is 3.89. The van der Waals surface area contributed by atoms with E-state index < -0.39 is 30.1 Å². The van der Waals surface area contributed by atoms with E-state index in [0.717, 1.165) is 31.6 Å². The van der Waals surface area contributed by atoms with Crippen LogP contribution in [0.4, 0.5) is 30.7 Å². The number of halogens is 7. The molecule has 0 spiro atoms. The number of carboxylic acids is 2. The molecule has 4 rings (SSSR count). The highest BCUT2D eigenvalue weighted by atomic mass is 19.4. The van der Waals surface area contributed by atoms with E-state index in [0.29, 0.717) is 6.54 Å². The van der Waals surface area contributed by atoms with Gasteiger partial charge in [-0.3, -0.25) is 4.90 Å². The zero-order valence-corrected chi connectivity index (χ0v) is 18.7. The van der Waals surface area contributed by atoms with Gasteiger partial charge >= 0.3 is 24.3 Å². The lowest BCUT2D eigenvalue weighted by Gasteiger charge is -2.32. The molecule has 0 radical (unpaired) electrons. The number of furan rings is 1. The number of carbonyl (C=O) groups is 2. The normalized spacial score (nSPS) is 21.5. The van der Waals surface area contributed by atoms with Crippen LogP contribution < -0.4 is 4.74 Å². The van der Waals surface area contributed by atoms with Crippen molar-refractivity contribution in [1.82, 2.24) is 9.88 Å². The Kier molecular flexibility index (Phi) is 10.2. The topological polar surface area (TPSA) is 122 Å². The first-order valence-electron chi connectivity index (χ1n) is 10.4. The average molecular weight is 546 g/mol. The maximum atomic E-state index is 13.8. The Bertz CT molecular complexity index is 991. The molecule has 9 nitrogen and oxygen atoms in total. The van der Waals surface area contributed by atoms with Crippen LogP contribution in [0.1, 0.15) is 18.4 Å². The molecule has 2 aliphatic heterocycles. The Labute approximate surface area is 204 Å². The van der Waals surface area contributed by atoms with E-state index in [4.69, 9.17) is 33.7 Å². The molecule has 0 bridgehead atoms. The smallest absolute Gasteiger partial charge is 0.475 e. The van der Waals surface area contributed by atoms with Gasteiger partial charge in [-0.1, -0.05) is 0 Å². The second-order valence-corrected chi connectivity index (χ2v) is 7.66. The fraction of sp³-hybridized carbons (Fsp3) is 0.476. The van der Waals surface area contributed by atoms with Crippen LogP contribution in [0.5, 0.6) is 5.88 Å². The minimum absolute atomic E-state index is 0.0444. The highest BCUT2D eigenvalue weighted by molar-refractivity contribution is 5.73. The lowest BCUT2D eigenvalue weighted by Crippen LogP contribution is -2.42. The number of nitrogens with zero attached hydrogens (tertiary/aromatic N) is 2. The summed E-state index contributed by atoms with van der Waals surface area (Å²) in [6.07, 6.45) is -3.35. The summed E-state index contributed by atoms with van der Waals surface area (Å²) in [7, 11) is 0. The van der Waals surface area contributed by atoms with E-state index in [1.54, 1.807) is 18.6 Å². The van der Waals surface area contributed by atoms with Gasteiger partial charge in [0.2, 0.25) is 0 Å². The maximum absolute atomic E-state index is 13.8. The summed E-state index contributed by atoms with van der Waals surface area (Å²) < 4.78 is 94.2. The van der Waals surface area contributed by atoms with Gasteiger partial charge in [-0.25, -0.2) is 19.0 Å². The first kappa shape index (κ1) is 29.8. The third-order valence-electron chi connectivity index (χ3n) is 5.02.